The van der Waals surface area contributed by atoms with Crippen molar-refractivity contribution in [1.82, 2.24) is 5.32 Å². The number of rotatable bonds is 8. The Kier molecular flexibility index (Phi) is 6.10. The number of alkyl halides is 1. The third kappa shape index (κ3) is 5.08. The average molecular weight is 297 g/mol. The van der Waals surface area contributed by atoms with Crippen LogP contribution >= 0.6 is 0 Å². The summed E-state index contributed by atoms with van der Waals surface area (Å²) in [5.74, 6) is -0.835. The van der Waals surface area contributed by atoms with Crippen molar-refractivity contribution in [3.63, 3.8) is 0 Å². The summed E-state index contributed by atoms with van der Waals surface area (Å²) in [4.78, 5) is 10.8. The highest BCUT2D eigenvalue weighted by Gasteiger charge is 2.29. The molecule has 2 rings (SSSR count). The second-order valence-corrected chi connectivity index (χ2v) is 5.03. The zero-order valence-corrected chi connectivity index (χ0v) is 11.8. The number of aliphatic carboxylic acids is 1. The van der Waals surface area contributed by atoms with Crippen molar-refractivity contribution in [3.05, 3.63) is 35.4 Å². The highest BCUT2D eigenvalue weighted by Crippen LogP contribution is 2.14. The molecule has 1 aromatic carbocycles. The fourth-order valence-corrected chi connectivity index (χ4v) is 2.21. The van der Waals surface area contributed by atoms with Gasteiger partial charge >= 0.3 is 5.97 Å². The van der Waals surface area contributed by atoms with Gasteiger partial charge in [0, 0.05) is 13.0 Å². The van der Waals surface area contributed by atoms with E-state index in [1.807, 2.05) is 24.3 Å². The van der Waals surface area contributed by atoms with Crippen LogP contribution in [0.4, 0.5) is 4.39 Å². The Morgan fingerprint density at radius 1 is 1.29 bits per heavy atom. The largest absolute Gasteiger partial charge is 0.480 e. The minimum absolute atomic E-state index is 0.0707. The van der Waals surface area contributed by atoms with Crippen molar-refractivity contribution in [2.45, 2.75) is 31.8 Å². The highest BCUT2D eigenvalue weighted by atomic mass is 19.1. The molecule has 2 atom stereocenters. The number of carbonyl (C=O) groups is 1. The van der Waals surface area contributed by atoms with Gasteiger partial charge in [0.25, 0.3) is 0 Å². The van der Waals surface area contributed by atoms with Crippen LogP contribution in [0.2, 0.25) is 0 Å². The molecule has 5 nitrogen and oxygen atoms in total. The van der Waals surface area contributed by atoms with Crippen LogP contribution in [0.1, 0.15) is 17.5 Å². The number of carboxylic acid groups (broad SMARTS) is 1. The van der Waals surface area contributed by atoms with Gasteiger partial charge in [-0.15, -0.1) is 0 Å². The van der Waals surface area contributed by atoms with Crippen molar-refractivity contribution in [2.75, 3.05) is 19.8 Å². The monoisotopic (exact) mass is 297 g/mol. The molecule has 2 unspecified atom stereocenters. The van der Waals surface area contributed by atoms with Crippen LogP contribution in [-0.2, 0) is 27.5 Å². The summed E-state index contributed by atoms with van der Waals surface area (Å²) in [7, 11) is 0. The molecular weight excluding hydrogens is 277 g/mol. The first kappa shape index (κ1) is 15.9. The number of hydrogen-bond acceptors (Lipinski definition) is 4. The Morgan fingerprint density at radius 3 is 2.52 bits per heavy atom. The van der Waals surface area contributed by atoms with Crippen LogP contribution in [0.3, 0.4) is 0 Å². The molecular formula is C15H20FNO4. The molecule has 0 saturated carbocycles. The van der Waals surface area contributed by atoms with Crippen LogP contribution in [0.5, 0.6) is 0 Å². The number of hydrogen-bond donors (Lipinski definition) is 2. The Balaban J connectivity index is 1.72. The van der Waals surface area contributed by atoms with Gasteiger partial charge in [0.1, 0.15) is 12.7 Å². The lowest BCUT2D eigenvalue weighted by Gasteiger charge is -2.11. The summed E-state index contributed by atoms with van der Waals surface area (Å²) < 4.78 is 22.7. The van der Waals surface area contributed by atoms with Gasteiger partial charge in [-0.1, -0.05) is 24.3 Å². The van der Waals surface area contributed by atoms with Gasteiger partial charge in [-0.05, 0) is 11.1 Å². The first-order valence-corrected chi connectivity index (χ1v) is 6.98. The molecule has 0 bridgehead atoms. The quantitative estimate of drug-likeness (QED) is 0.712. The summed E-state index contributed by atoms with van der Waals surface area (Å²) in [6.07, 6.45) is 0.420. The molecule has 0 spiro atoms. The number of carboxylic acids is 1. The molecule has 2 N–H and O–H groups in total. The van der Waals surface area contributed by atoms with Gasteiger partial charge in [0.2, 0.25) is 0 Å². The summed E-state index contributed by atoms with van der Waals surface area (Å²) in [5, 5.41) is 11.8. The zero-order valence-electron chi connectivity index (χ0n) is 11.8. The topological polar surface area (TPSA) is 67.8 Å². The number of nitrogens with one attached hydrogen (secondary N) is 1. The minimum Gasteiger partial charge on any atom is -0.480 e. The van der Waals surface area contributed by atoms with E-state index in [1.165, 1.54) is 0 Å². The van der Waals surface area contributed by atoms with Gasteiger partial charge in [0.15, 0.2) is 0 Å². The standard InChI is InChI=1S/C15H20FNO4/c16-5-6-20-9-11-1-3-12(4-2-11)10-21-13-7-14(15(18)19)17-8-13/h1-4,13-14,17H,5-10H2,(H,18,19). The third-order valence-electron chi connectivity index (χ3n) is 3.39. The smallest absolute Gasteiger partial charge is 0.320 e. The van der Waals surface area contributed by atoms with Crippen LogP contribution in [0, 0.1) is 0 Å². The lowest BCUT2D eigenvalue weighted by molar-refractivity contribution is -0.139. The second kappa shape index (κ2) is 8.07. The lowest BCUT2D eigenvalue weighted by atomic mass is 10.1. The maximum Gasteiger partial charge on any atom is 0.320 e. The van der Waals surface area contributed by atoms with E-state index in [2.05, 4.69) is 5.32 Å². The SMILES string of the molecule is O=C(O)C1CC(OCc2ccc(COCCF)cc2)CN1. The number of ether oxygens (including phenoxy) is 2. The molecule has 1 heterocycles. The molecule has 21 heavy (non-hydrogen) atoms. The zero-order chi connectivity index (χ0) is 15.1. The third-order valence-corrected chi connectivity index (χ3v) is 3.39. The summed E-state index contributed by atoms with van der Waals surface area (Å²) in [5.41, 5.74) is 2.00. The van der Waals surface area contributed by atoms with Gasteiger partial charge in [-0.2, -0.15) is 0 Å². The maximum absolute atomic E-state index is 11.9. The van der Waals surface area contributed by atoms with E-state index >= 15 is 0 Å². The molecule has 1 aromatic rings. The molecule has 1 aliphatic heterocycles. The summed E-state index contributed by atoms with van der Waals surface area (Å²) in [6.45, 7) is 1.05. The van der Waals surface area contributed by atoms with Crippen LogP contribution in [0.15, 0.2) is 24.3 Å². The Hall–Kier alpha value is -1.50. The van der Waals surface area contributed by atoms with E-state index in [9.17, 15) is 9.18 Å². The van der Waals surface area contributed by atoms with E-state index < -0.39 is 18.7 Å². The fraction of sp³-hybridized carbons (Fsp3) is 0.533. The molecule has 1 saturated heterocycles. The molecule has 0 amide bonds. The molecule has 0 aromatic heterocycles. The van der Waals surface area contributed by atoms with E-state index in [0.29, 0.717) is 26.2 Å². The predicted molar refractivity (Wildman–Crippen MR) is 74.7 cm³/mol. The van der Waals surface area contributed by atoms with Crippen molar-refractivity contribution < 1.29 is 23.8 Å². The maximum atomic E-state index is 11.9. The van der Waals surface area contributed by atoms with Gasteiger partial charge in [-0.3, -0.25) is 4.79 Å². The number of halogens is 1. The molecule has 1 aliphatic rings. The van der Waals surface area contributed by atoms with E-state index in [4.69, 9.17) is 14.6 Å². The van der Waals surface area contributed by atoms with E-state index in [-0.39, 0.29) is 12.7 Å². The molecule has 116 valence electrons. The fourth-order valence-electron chi connectivity index (χ4n) is 2.21. The van der Waals surface area contributed by atoms with Crippen molar-refractivity contribution >= 4 is 5.97 Å². The first-order valence-electron chi connectivity index (χ1n) is 6.98. The first-order chi connectivity index (χ1) is 10.2. The molecule has 0 aliphatic carbocycles. The van der Waals surface area contributed by atoms with Crippen molar-refractivity contribution in [3.8, 4) is 0 Å². The Bertz CT molecular complexity index is 451. The predicted octanol–water partition coefficient (Wildman–Crippen LogP) is 1.50. The summed E-state index contributed by atoms with van der Waals surface area (Å²) in [6, 6.07) is 7.20. The van der Waals surface area contributed by atoms with Crippen LogP contribution in [0.25, 0.3) is 0 Å². The molecule has 1 fully saturated rings. The lowest BCUT2D eigenvalue weighted by Crippen LogP contribution is -2.29. The highest BCUT2D eigenvalue weighted by molar-refractivity contribution is 5.73. The second-order valence-electron chi connectivity index (χ2n) is 5.03. The molecule has 0 radical (unpaired) electrons. The Morgan fingerprint density at radius 2 is 1.95 bits per heavy atom. The minimum atomic E-state index is -0.835. The van der Waals surface area contributed by atoms with Gasteiger partial charge in [0.05, 0.1) is 25.9 Å². The van der Waals surface area contributed by atoms with Crippen LogP contribution in [-0.4, -0.2) is 43.0 Å². The van der Waals surface area contributed by atoms with Crippen molar-refractivity contribution in [2.24, 2.45) is 0 Å². The van der Waals surface area contributed by atoms with Gasteiger partial charge in [-0.25, -0.2) is 4.39 Å². The summed E-state index contributed by atoms with van der Waals surface area (Å²) >= 11 is 0. The Labute approximate surface area is 123 Å². The number of benzene rings is 1. The normalized spacial score (nSPS) is 21.6. The van der Waals surface area contributed by atoms with Crippen molar-refractivity contribution in [1.29, 1.82) is 0 Å². The average Bonchev–Trinajstić information content (AvgIpc) is 2.96. The van der Waals surface area contributed by atoms with E-state index in [1.54, 1.807) is 0 Å². The van der Waals surface area contributed by atoms with Crippen LogP contribution < -0.4 is 5.32 Å². The molecule has 6 heteroatoms. The van der Waals surface area contributed by atoms with Gasteiger partial charge < -0.3 is 19.9 Å². The van der Waals surface area contributed by atoms with E-state index in [0.717, 1.165) is 11.1 Å².